The first-order chi connectivity index (χ1) is 11.7. The van der Waals surface area contributed by atoms with Gasteiger partial charge in [0.2, 0.25) is 0 Å². The van der Waals surface area contributed by atoms with Crippen LogP contribution in [0.5, 0.6) is 0 Å². The van der Waals surface area contributed by atoms with E-state index in [0.29, 0.717) is 12.4 Å². The Balaban J connectivity index is 1.80. The number of benzene rings is 2. The molecule has 0 saturated carbocycles. The van der Waals surface area contributed by atoms with Gasteiger partial charge in [-0.05, 0) is 17.5 Å². The van der Waals surface area contributed by atoms with Crippen LogP contribution in [0.25, 0.3) is 0 Å². The number of hydrogen-bond acceptors (Lipinski definition) is 3. The Hall–Kier alpha value is -2.88. The van der Waals surface area contributed by atoms with Gasteiger partial charge in [-0.25, -0.2) is 4.98 Å². The van der Waals surface area contributed by atoms with E-state index in [2.05, 4.69) is 46.7 Å². The molecule has 4 nitrogen and oxygen atoms in total. The zero-order chi connectivity index (χ0) is 16.8. The van der Waals surface area contributed by atoms with Gasteiger partial charge < -0.3 is 9.88 Å². The molecule has 0 aliphatic rings. The second-order valence-corrected chi connectivity index (χ2v) is 5.87. The van der Waals surface area contributed by atoms with Crippen molar-refractivity contribution in [1.29, 1.82) is 0 Å². The first-order valence-corrected chi connectivity index (χ1v) is 8.08. The third-order valence-corrected chi connectivity index (χ3v) is 4.13. The maximum atomic E-state index is 12.1. The number of nitrogens with one attached hydrogen (secondary N) is 1. The lowest BCUT2D eigenvalue weighted by Crippen LogP contribution is -2.25. The fraction of sp³-hybridized carbons (Fsp3) is 0.200. The molecule has 0 unspecified atom stereocenters. The van der Waals surface area contributed by atoms with Crippen molar-refractivity contribution in [3.63, 3.8) is 0 Å². The van der Waals surface area contributed by atoms with E-state index in [9.17, 15) is 4.79 Å². The van der Waals surface area contributed by atoms with Gasteiger partial charge in [-0.1, -0.05) is 60.7 Å². The van der Waals surface area contributed by atoms with Crippen molar-refractivity contribution in [2.24, 2.45) is 7.05 Å². The predicted molar refractivity (Wildman–Crippen MR) is 97.3 cm³/mol. The van der Waals surface area contributed by atoms with Crippen LogP contribution in [0.3, 0.4) is 0 Å². The lowest BCUT2D eigenvalue weighted by Gasteiger charge is -2.18. The molecule has 0 bridgehead atoms. The topological polar surface area (TPSA) is 46.9 Å². The van der Waals surface area contributed by atoms with Crippen molar-refractivity contribution in [2.75, 3.05) is 11.9 Å². The molecule has 2 aromatic carbocycles. The minimum atomic E-state index is -0.107. The molecule has 1 aromatic heterocycles. The Labute approximate surface area is 141 Å². The first-order valence-electron chi connectivity index (χ1n) is 8.08. The molecule has 3 rings (SSSR count). The first kappa shape index (κ1) is 16.0. The van der Waals surface area contributed by atoms with E-state index < -0.39 is 0 Å². The van der Waals surface area contributed by atoms with Crippen molar-refractivity contribution in [2.45, 2.75) is 12.3 Å². The smallest absolute Gasteiger partial charge is 0.293 e. The molecule has 1 heterocycles. The molecule has 122 valence electrons. The van der Waals surface area contributed by atoms with Gasteiger partial charge in [-0.15, -0.1) is 0 Å². The number of rotatable bonds is 6. The van der Waals surface area contributed by atoms with Gasteiger partial charge >= 0.3 is 0 Å². The van der Waals surface area contributed by atoms with E-state index in [1.165, 1.54) is 15.7 Å². The fourth-order valence-electron chi connectivity index (χ4n) is 2.77. The summed E-state index contributed by atoms with van der Waals surface area (Å²) in [6, 6.07) is 20.8. The number of anilines is 1. The molecular formula is C20H21N3O. The molecule has 0 aliphatic heterocycles. The van der Waals surface area contributed by atoms with Crippen LogP contribution in [0, 0.1) is 0 Å². The van der Waals surface area contributed by atoms with Gasteiger partial charge in [-0.3, -0.25) is 4.79 Å². The monoisotopic (exact) mass is 319 g/mol. The van der Waals surface area contributed by atoms with Crippen molar-refractivity contribution in [1.82, 2.24) is 9.55 Å². The molecule has 24 heavy (non-hydrogen) atoms. The molecule has 0 aliphatic carbocycles. The molecule has 0 fully saturated rings. The van der Waals surface area contributed by atoms with Gasteiger partial charge in [0.1, 0.15) is 0 Å². The summed E-state index contributed by atoms with van der Waals surface area (Å²) in [5.41, 5.74) is 2.42. The Bertz CT molecular complexity index is 828. The molecule has 0 radical (unpaired) electrons. The van der Waals surface area contributed by atoms with Crippen LogP contribution < -0.4 is 10.9 Å². The lowest BCUT2D eigenvalue weighted by atomic mass is 9.92. The average molecular weight is 319 g/mol. The molecule has 0 amide bonds. The van der Waals surface area contributed by atoms with E-state index in [1.807, 2.05) is 24.3 Å². The highest BCUT2D eigenvalue weighted by Crippen LogP contribution is 2.21. The molecule has 4 heteroatoms. The molecule has 0 saturated heterocycles. The number of nitrogens with zero attached hydrogens (tertiary/aromatic N) is 2. The lowest BCUT2D eigenvalue weighted by molar-refractivity contribution is 0.711. The van der Waals surface area contributed by atoms with Gasteiger partial charge in [-0.2, -0.15) is 0 Å². The molecule has 0 spiro atoms. The fourth-order valence-corrected chi connectivity index (χ4v) is 2.77. The van der Waals surface area contributed by atoms with Crippen molar-refractivity contribution in [3.8, 4) is 0 Å². The standard InChI is InChI=1S/C20H21N3O/c1-23-13-12-21-19(20(23)24)22-15-18(17-10-6-3-7-11-17)14-16-8-4-2-5-9-16/h2-13,18H,14-15H2,1H3,(H,21,22)/t18-/m0/s1. The van der Waals surface area contributed by atoms with Gasteiger partial charge in [0.05, 0.1) is 0 Å². The third kappa shape index (κ3) is 3.90. The van der Waals surface area contributed by atoms with Crippen LogP contribution in [0.1, 0.15) is 17.0 Å². The van der Waals surface area contributed by atoms with Crippen molar-refractivity contribution in [3.05, 3.63) is 94.5 Å². The van der Waals surface area contributed by atoms with Crippen LogP contribution in [0.15, 0.2) is 77.9 Å². The Morgan fingerprint density at radius 2 is 1.71 bits per heavy atom. The van der Waals surface area contributed by atoms with Crippen LogP contribution >= 0.6 is 0 Å². The van der Waals surface area contributed by atoms with Gasteiger partial charge in [0.15, 0.2) is 5.82 Å². The SMILES string of the molecule is Cn1ccnc(NC[C@H](Cc2ccccc2)c2ccccc2)c1=O. The maximum Gasteiger partial charge on any atom is 0.293 e. The Morgan fingerprint density at radius 3 is 2.42 bits per heavy atom. The summed E-state index contributed by atoms with van der Waals surface area (Å²) in [5, 5.41) is 3.23. The van der Waals surface area contributed by atoms with E-state index in [1.54, 1.807) is 19.4 Å². The summed E-state index contributed by atoms with van der Waals surface area (Å²) in [7, 11) is 1.73. The average Bonchev–Trinajstić information content (AvgIpc) is 2.63. The largest absolute Gasteiger partial charge is 0.365 e. The second kappa shape index (κ2) is 7.59. The summed E-state index contributed by atoms with van der Waals surface area (Å²) in [5.74, 6) is 0.661. The van der Waals surface area contributed by atoms with Crippen LogP contribution in [0.2, 0.25) is 0 Å². The summed E-state index contributed by atoms with van der Waals surface area (Å²) in [6.07, 6.45) is 4.20. The molecule has 1 N–H and O–H groups in total. The van der Waals surface area contributed by atoms with Crippen molar-refractivity contribution >= 4 is 5.82 Å². The normalized spacial score (nSPS) is 11.9. The van der Waals surface area contributed by atoms with E-state index in [4.69, 9.17) is 0 Å². The highest BCUT2D eigenvalue weighted by Gasteiger charge is 2.13. The minimum Gasteiger partial charge on any atom is -0.365 e. The third-order valence-electron chi connectivity index (χ3n) is 4.13. The summed E-state index contributed by atoms with van der Waals surface area (Å²) < 4.78 is 1.53. The summed E-state index contributed by atoms with van der Waals surface area (Å²) in [6.45, 7) is 0.658. The quantitative estimate of drug-likeness (QED) is 0.759. The number of hydrogen-bond donors (Lipinski definition) is 1. The van der Waals surface area contributed by atoms with E-state index in [0.717, 1.165) is 6.42 Å². The highest BCUT2D eigenvalue weighted by atomic mass is 16.1. The number of aryl methyl sites for hydroxylation is 1. The zero-order valence-corrected chi connectivity index (χ0v) is 13.7. The number of aromatic nitrogens is 2. The highest BCUT2D eigenvalue weighted by molar-refractivity contribution is 5.33. The van der Waals surface area contributed by atoms with Crippen molar-refractivity contribution < 1.29 is 0 Å². The van der Waals surface area contributed by atoms with Gasteiger partial charge in [0.25, 0.3) is 5.56 Å². The van der Waals surface area contributed by atoms with Crippen LogP contribution in [0.4, 0.5) is 5.82 Å². The summed E-state index contributed by atoms with van der Waals surface area (Å²) in [4.78, 5) is 16.3. The second-order valence-electron chi connectivity index (χ2n) is 5.87. The maximum absolute atomic E-state index is 12.1. The Kier molecular flexibility index (Phi) is 5.06. The zero-order valence-electron chi connectivity index (χ0n) is 13.7. The van der Waals surface area contributed by atoms with E-state index in [-0.39, 0.29) is 11.5 Å². The van der Waals surface area contributed by atoms with Gasteiger partial charge in [0, 0.05) is 31.9 Å². The minimum absolute atomic E-state index is 0.107. The van der Waals surface area contributed by atoms with E-state index >= 15 is 0 Å². The Morgan fingerprint density at radius 1 is 1.04 bits per heavy atom. The molecule has 1 atom stereocenters. The molecular weight excluding hydrogens is 298 g/mol. The van der Waals surface area contributed by atoms with Crippen LogP contribution in [-0.2, 0) is 13.5 Å². The molecule has 3 aromatic rings. The predicted octanol–water partition coefficient (Wildman–Crippen LogP) is 3.22. The van der Waals surface area contributed by atoms with Crippen LogP contribution in [-0.4, -0.2) is 16.1 Å². The summed E-state index contributed by atoms with van der Waals surface area (Å²) >= 11 is 0.